The standard InChI is InChI=1S/C40H46N8O8/c1-55-39(53)45-33(25-11-12-25)37(51)47-19-27(49)15-31(47)35-41-17-29(43-35)23-7-3-21(4-8-23)22-5-9-24(10-6-22)30-18-42-36(44-30)32-16-28(50)20-48(32)38(52)34(26-13-14-26)46-40(54)56-2/h3-10,17-18,25-28,31-34,49-50H,11-16,19-20H2,1-2H3,(H,41,43)(H,42,44)(H,45,53)(H,46,54)/t27-,28-,31+,32+,33+,34+/m1/s1. The van der Waals surface area contributed by atoms with Gasteiger partial charge in [-0.2, -0.15) is 0 Å². The number of ether oxygens (including phenoxy) is 2. The van der Waals surface area contributed by atoms with Crippen LogP contribution in [-0.2, 0) is 19.1 Å². The normalized spacial score (nSPS) is 23.1. The maximum atomic E-state index is 13.6. The molecule has 4 aliphatic rings. The van der Waals surface area contributed by atoms with E-state index in [1.807, 2.05) is 48.5 Å². The lowest BCUT2D eigenvalue weighted by atomic mass is 10.0. The number of aromatic amines is 2. The van der Waals surface area contributed by atoms with Gasteiger partial charge in [0.05, 0.1) is 62.3 Å². The van der Waals surface area contributed by atoms with E-state index in [1.165, 1.54) is 14.2 Å². The van der Waals surface area contributed by atoms with E-state index in [1.54, 1.807) is 22.2 Å². The maximum absolute atomic E-state index is 13.6. The van der Waals surface area contributed by atoms with Crippen LogP contribution in [0.2, 0.25) is 0 Å². The van der Waals surface area contributed by atoms with Crippen molar-refractivity contribution in [3.63, 3.8) is 0 Å². The van der Waals surface area contributed by atoms with E-state index < -0.39 is 48.6 Å². The van der Waals surface area contributed by atoms with Gasteiger partial charge in [0.2, 0.25) is 11.8 Å². The molecule has 2 saturated heterocycles. The average Bonchev–Trinajstić information content (AvgIpc) is 4.03. The number of alkyl carbamates (subject to hydrolysis) is 2. The van der Waals surface area contributed by atoms with Crippen molar-refractivity contribution in [1.82, 2.24) is 40.4 Å². The van der Waals surface area contributed by atoms with Crippen molar-refractivity contribution >= 4 is 24.0 Å². The van der Waals surface area contributed by atoms with Crippen molar-refractivity contribution in [2.45, 2.75) is 74.9 Å². The van der Waals surface area contributed by atoms with E-state index in [-0.39, 0.29) is 36.7 Å². The number of aliphatic hydroxyl groups excluding tert-OH is 2. The number of rotatable bonds is 11. The van der Waals surface area contributed by atoms with Crippen LogP contribution in [0.5, 0.6) is 0 Å². The highest BCUT2D eigenvalue weighted by Gasteiger charge is 2.46. The van der Waals surface area contributed by atoms with Crippen LogP contribution in [0.25, 0.3) is 33.6 Å². The molecule has 2 aromatic heterocycles. The Balaban J connectivity index is 0.926. The number of imidazole rings is 2. The molecule has 2 aliphatic heterocycles. The van der Waals surface area contributed by atoms with Gasteiger partial charge in [0, 0.05) is 25.9 Å². The van der Waals surface area contributed by atoms with E-state index >= 15 is 0 Å². The van der Waals surface area contributed by atoms with Crippen molar-refractivity contribution in [3.8, 4) is 33.6 Å². The molecule has 2 saturated carbocycles. The van der Waals surface area contributed by atoms with E-state index in [2.05, 4.69) is 30.6 Å². The third-order valence-electron chi connectivity index (χ3n) is 11.3. The molecule has 16 heteroatoms. The molecule has 56 heavy (non-hydrogen) atoms. The zero-order valence-electron chi connectivity index (χ0n) is 31.2. The number of carbonyl (C=O) groups is 4. The molecule has 0 unspecified atom stereocenters. The summed E-state index contributed by atoms with van der Waals surface area (Å²) in [6.45, 7) is 0.312. The van der Waals surface area contributed by atoms with Gasteiger partial charge in [-0.25, -0.2) is 19.6 Å². The number of hydrogen-bond acceptors (Lipinski definition) is 10. The predicted molar refractivity (Wildman–Crippen MR) is 201 cm³/mol. The molecule has 2 aliphatic carbocycles. The van der Waals surface area contributed by atoms with Crippen molar-refractivity contribution < 1.29 is 38.9 Å². The lowest BCUT2D eigenvalue weighted by Gasteiger charge is -2.28. The Bertz CT molecular complexity index is 1930. The highest BCUT2D eigenvalue weighted by molar-refractivity contribution is 5.88. The fraction of sp³-hybridized carbons (Fsp3) is 0.450. The fourth-order valence-corrected chi connectivity index (χ4v) is 7.97. The van der Waals surface area contributed by atoms with Gasteiger partial charge in [-0.15, -0.1) is 0 Å². The third kappa shape index (κ3) is 7.71. The Morgan fingerprint density at radius 3 is 1.34 bits per heavy atom. The van der Waals surface area contributed by atoms with E-state index in [9.17, 15) is 29.4 Å². The highest BCUT2D eigenvalue weighted by Crippen LogP contribution is 2.39. The second kappa shape index (κ2) is 15.4. The van der Waals surface area contributed by atoms with Gasteiger partial charge in [0.15, 0.2) is 0 Å². The highest BCUT2D eigenvalue weighted by atomic mass is 16.5. The number of carbonyl (C=O) groups excluding carboxylic acids is 4. The molecule has 16 nitrogen and oxygen atoms in total. The van der Waals surface area contributed by atoms with E-state index in [0.29, 0.717) is 24.5 Å². The molecule has 0 spiro atoms. The molecule has 4 amide bonds. The van der Waals surface area contributed by atoms with E-state index in [4.69, 9.17) is 9.47 Å². The van der Waals surface area contributed by atoms with Crippen molar-refractivity contribution in [3.05, 3.63) is 72.6 Å². The van der Waals surface area contributed by atoms with Gasteiger partial charge in [0.1, 0.15) is 23.7 Å². The van der Waals surface area contributed by atoms with Crippen molar-refractivity contribution in [2.75, 3.05) is 27.3 Å². The molecule has 4 aromatic rings. The van der Waals surface area contributed by atoms with Crippen LogP contribution < -0.4 is 10.6 Å². The first kappa shape index (κ1) is 37.2. The molecule has 4 fully saturated rings. The first-order valence-corrected chi connectivity index (χ1v) is 19.1. The summed E-state index contributed by atoms with van der Waals surface area (Å²) >= 11 is 0. The summed E-state index contributed by atoms with van der Waals surface area (Å²) in [7, 11) is 2.53. The first-order chi connectivity index (χ1) is 27.1. The SMILES string of the molecule is COC(=O)N[C@H](C(=O)N1C[C@H](O)C[C@H]1c1ncc(-c2ccc(-c3ccc(-c4cnc([C@@H]5C[C@@H](O)CN5C(=O)[C@@H](NC(=O)OC)C5CC5)[nH]4)cc3)cc2)[nH]1)C1CC1. The molecule has 6 N–H and O–H groups in total. The lowest BCUT2D eigenvalue weighted by Crippen LogP contribution is -2.50. The summed E-state index contributed by atoms with van der Waals surface area (Å²) in [6, 6.07) is 13.7. The zero-order chi connectivity index (χ0) is 39.1. The summed E-state index contributed by atoms with van der Waals surface area (Å²) in [5.74, 6) is 0.739. The van der Waals surface area contributed by atoms with Crippen LogP contribution in [0.4, 0.5) is 9.59 Å². The minimum absolute atomic E-state index is 0.0484. The van der Waals surface area contributed by atoms with E-state index in [0.717, 1.165) is 59.3 Å². The predicted octanol–water partition coefficient (Wildman–Crippen LogP) is 3.67. The summed E-state index contributed by atoms with van der Waals surface area (Å²) in [4.78, 5) is 70.3. The molecular weight excluding hydrogens is 720 g/mol. The third-order valence-corrected chi connectivity index (χ3v) is 11.3. The maximum Gasteiger partial charge on any atom is 0.407 e. The van der Waals surface area contributed by atoms with Crippen LogP contribution in [0.3, 0.4) is 0 Å². The van der Waals surface area contributed by atoms with Crippen molar-refractivity contribution in [2.24, 2.45) is 11.8 Å². The van der Waals surface area contributed by atoms with Crippen LogP contribution >= 0.6 is 0 Å². The summed E-state index contributed by atoms with van der Waals surface area (Å²) in [5, 5.41) is 26.5. The number of nitrogens with one attached hydrogen (secondary N) is 4. The molecule has 4 heterocycles. The van der Waals surface area contributed by atoms with Gasteiger partial charge < -0.3 is 50.1 Å². The number of amides is 4. The first-order valence-electron chi connectivity index (χ1n) is 19.1. The fourth-order valence-electron chi connectivity index (χ4n) is 7.97. The molecular formula is C40H46N8O8. The number of aromatic nitrogens is 4. The summed E-state index contributed by atoms with van der Waals surface area (Å²) in [5.41, 5.74) is 5.37. The Morgan fingerprint density at radius 1 is 0.643 bits per heavy atom. The van der Waals surface area contributed by atoms with Gasteiger partial charge in [-0.05, 0) is 59.8 Å². The van der Waals surface area contributed by atoms with Crippen LogP contribution in [0, 0.1) is 11.8 Å². The number of aliphatic hydroxyl groups is 2. The number of hydrogen-bond donors (Lipinski definition) is 6. The minimum atomic E-state index is -0.707. The van der Waals surface area contributed by atoms with Crippen LogP contribution in [0.15, 0.2) is 60.9 Å². The van der Waals surface area contributed by atoms with Crippen LogP contribution in [-0.4, -0.2) is 116 Å². The molecule has 0 radical (unpaired) electrons. The number of nitrogens with zero attached hydrogens (tertiary/aromatic N) is 4. The zero-order valence-corrected chi connectivity index (χ0v) is 31.2. The molecule has 294 valence electrons. The molecule has 2 aromatic carbocycles. The second-order valence-electron chi connectivity index (χ2n) is 15.2. The Morgan fingerprint density at radius 2 is 1.00 bits per heavy atom. The summed E-state index contributed by atoms with van der Waals surface area (Å²) < 4.78 is 9.49. The van der Waals surface area contributed by atoms with Gasteiger partial charge in [0.25, 0.3) is 0 Å². The quantitative estimate of drug-likeness (QED) is 0.130. The van der Waals surface area contributed by atoms with Crippen LogP contribution in [0.1, 0.15) is 62.3 Å². The Hall–Kier alpha value is -5.74. The monoisotopic (exact) mass is 766 g/mol. The largest absolute Gasteiger partial charge is 0.453 e. The number of β-amino-alcohol motifs (C(OH)–C–C–N with tert-alkyl or cyclic N) is 2. The Kier molecular flexibility index (Phi) is 10.2. The van der Waals surface area contributed by atoms with Gasteiger partial charge in [-0.1, -0.05) is 48.5 Å². The number of H-pyrrole nitrogens is 2. The molecule has 8 rings (SSSR count). The number of benzene rings is 2. The second-order valence-corrected chi connectivity index (χ2v) is 15.2. The van der Waals surface area contributed by atoms with Crippen molar-refractivity contribution in [1.29, 1.82) is 0 Å². The number of methoxy groups -OCH3 is 2. The molecule has 6 atom stereocenters. The number of likely N-dealkylation sites (tertiary alicyclic amines) is 2. The Labute approximate surface area is 323 Å². The molecule has 0 bridgehead atoms. The van der Waals surface area contributed by atoms with Gasteiger partial charge in [-0.3, -0.25) is 9.59 Å². The minimum Gasteiger partial charge on any atom is -0.453 e. The summed E-state index contributed by atoms with van der Waals surface area (Å²) in [6.07, 6.45) is 4.77. The smallest absolute Gasteiger partial charge is 0.407 e. The average molecular weight is 767 g/mol. The van der Waals surface area contributed by atoms with Gasteiger partial charge >= 0.3 is 12.2 Å². The topological polar surface area (TPSA) is 215 Å². The lowest BCUT2D eigenvalue weighted by molar-refractivity contribution is -0.136.